The number of likely N-dealkylation sites (tertiary alicyclic amines) is 1. The first-order valence-corrected chi connectivity index (χ1v) is 8.25. The molecule has 3 rings (SSSR count). The van der Waals surface area contributed by atoms with Crippen LogP contribution in [0, 0.1) is 11.8 Å². The minimum atomic E-state index is 0.215. The fourth-order valence-corrected chi connectivity index (χ4v) is 3.66. The van der Waals surface area contributed by atoms with E-state index < -0.39 is 0 Å². The Morgan fingerprint density at radius 3 is 2.95 bits per heavy atom. The molecule has 2 fully saturated rings. The van der Waals surface area contributed by atoms with E-state index in [1.54, 1.807) is 7.11 Å². The third kappa shape index (κ3) is 3.33. The van der Waals surface area contributed by atoms with Gasteiger partial charge >= 0.3 is 0 Å². The van der Waals surface area contributed by atoms with Gasteiger partial charge in [-0.3, -0.25) is 4.90 Å². The topological polar surface area (TPSA) is 51.6 Å². The van der Waals surface area contributed by atoms with Crippen molar-refractivity contribution in [2.24, 2.45) is 17.6 Å². The summed E-state index contributed by atoms with van der Waals surface area (Å²) in [4.78, 5) is 2.48. The number of hydrogen-bond acceptors (Lipinski definition) is 4. The second kappa shape index (κ2) is 6.51. The third-order valence-corrected chi connectivity index (χ3v) is 5.07. The molecule has 1 aliphatic carbocycles. The highest BCUT2D eigenvalue weighted by atomic mass is 16.5. The second-order valence-electron chi connectivity index (χ2n) is 6.77. The Hall–Kier alpha value is -0.840. The van der Waals surface area contributed by atoms with Gasteiger partial charge in [-0.05, 0) is 49.8 Å². The van der Waals surface area contributed by atoms with E-state index >= 15 is 0 Å². The van der Waals surface area contributed by atoms with Crippen molar-refractivity contribution in [3.8, 4) is 0 Å². The number of methoxy groups -OCH3 is 1. The smallest absolute Gasteiger partial charge is 0.122 e. The molecule has 0 aromatic carbocycles. The highest BCUT2D eigenvalue weighted by Crippen LogP contribution is 2.47. The van der Waals surface area contributed by atoms with E-state index in [0.29, 0.717) is 18.4 Å². The van der Waals surface area contributed by atoms with Crippen LogP contribution in [0.4, 0.5) is 0 Å². The Labute approximate surface area is 127 Å². The lowest BCUT2D eigenvalue weighted by Crippen LogP contribution is -2.42. The van der Waals surface area contributed by atoms with E-state index in [2.05, 4.69) is 24.0 Å². The maximum absolute atomic E-state index is 6.13. The maximum Gasteiger partial charge on any atom is 0.122 e. The monoisotopic (exact) mass is 292 g/mol. The zero-order chi connectivity index (χ0) is 14.8. The van der Waals surface area contributed by atoms with Gasteiger partial charge in [-0.25, -0.2) is 0 Å². The molecule has 2 aliphatic rings. The molecule has 4 nitrogen and oxygen atoms in total. The molecule has 4 atom stereocenters. The largest absolute Gasteiger partial charge is 0.464 e. The van der Waals surface area contributed by atoms with E-state index in [0.717, 1.165) is 37.1 Å². The van der Waals surface area contributed by atoms with Crippen molar-refractivity contribution < 1.29 is 9.15 Å². The Morgan fingerprint density at radius 2 is 2.29 bits per heavy atom. The van der Waals surface area contributed by atoms with Crippen molar-refractivity contribution in [2.75, 3.05) is 33.4 Å². The normalized spacial score (nSPS) is 31.3. The van der Waals surface area contributed by atoms with Crippen LogP contribution < -0.4 is 5.73 Å². The molecule has 2 heterocycles. The molecule has 0 spiro atoms. The van der Waals surface area contributed by atoms with Crippen molar-refractivity contribution in [2.45, 2.75) is 38.1 Å². The Bertz CT molecular complexity index is 457. The summed E-state index contributed by atoms with van der Waals surface area (Å²) in [5.41, 5.74) is 6.05. The van der Waals surface area contributed by atoms with Crippen LogP contribution in [-0.4, -0.2) is 38.3 Å². The number of hydrogen-bond donors (Lipinski definition) is 1. The standard InChI is InChI=1S/C17H28N2O2/c1-12-8-14(12)16-5-6-17(21-16)15(9-18)19-7-3-4-13(10-19)11-20-2/h5-6,12-15H,3-4,7-11,18H2,1-2H3. The fraction of sp³-hybridized carbons (Fsp3) is 0.765. The van der Waals surface area contributed by atoms with Gasteiger partial charge in [0.05, 0.1) is 12.6 Å². The maximum atomic E-state index is 6.13. The number of nitrogens with zero attached hydrogens (tertiary/aromatic N) is 1. The van der Waals surface area contributed by atoms with Gasteiger partial charge in [0, 0.05) is 26.1 Å². The van der Waals surface area contributed by atoms with Crippen molar-refractivity contribution in [1.29, 1.82) is 0 Å². The molecule has 1 aromatic rings. The number of nitrogens with two attached hydrogens (primary N) is 1. The van der Waals surface area contributed by atoms with Crippen LogP contribution in [0.2, 0.25) is 0 Å². The average Bonchev–Trinajstić information content (AvgIpc) is 3.02. The van der Waals surface area contributed by atoms with E-state index in [9.17, 15) is 0 Å². The SMILES string of the molecule is COCC1CCCN(C(CN)c2ccc(C3CC3C)o2)C1. The Balaban J connectivity index is 1.67. The molecule has 1 aromatic heterocycles. The van der Waals surface area contributed by atoms with Crippen molar-refractivity contribution >= 4 is 0 Å². The quantitative estimate of drug-likeness (QED) is 0.876. The summed E-state index contributed by atoms with van der Waals surface area (Å²) in [5, 5.41) is 0. The minimum Gasteiger partial charge on any atom is -0.464 e. The van der Waals surface area contributed by atoms with Crippen molar-refractivity contribution in [3.05, 3.63) is 23.7 Å². The Morgan fingerprint density at radius 1 is 1.48 bits per heavy atom. The zero-order valence-corrected chi connectivity index (χ0v) is 13.3. The van der Waals surface area contributed by atoms with Gasteiger partial charge in [0.2, 0.25) is 0 Å². The van der Waals surface area contributed by atoms with Gasteiger partial charge in [-0.15, -0.1) is 0 Å². The highest BCUT2D eigenvalue weighted by molar-refractivity contribution is 5.19. The summed E-state index contributed by atoms with van der Waals surface area (Å²) < 4.78 is 11.4. The van der Waals surface area contributed by atoms with Crippen LogP contribution in [0.15, 0.2) is 16.5 Å². The predicted octanol–water partition coefficient (Wildman–Crippen LogP) is 2.76. The molecule has 1 saturated heterocycles. The van der Waals surface area contributed by atoms with Crippen LogP contribution in [0.1, 0.15) is 49.7 Å². The summed E-state index contributed by atoms with van der Waals surface area (Å²) in [6, 6.07) is 4.51. The number of piperidine rings is 1. The molecule has 2 N–H and O–H groups in total. The molecule has 1 aliphatic heterocycles. The van der Waals surface area contributed by atoms with Crippen LogP contribution in [0.3, 0.4) is 0 Å². The molecule has 118 valence electrons. The first-order chi connectivity index (χ1) is 10.2. The molecule has 4 heteroatoms. The lowest BCUT2D eigenvalue weighted by Gasteiger charge is -2.36. The van der Waals surface area contributed by atoms with Gasteiger partial charge < -0.3 is 14.9 Å². The van der Waals surface area contributed by atoms with Crippen LogP contribution >= 0.6 is 0 Å². The van der Waals surface area contributed by atoms with Crippen LogP contribution in [-0.2, 0) is 4.74 Å². The number of furan rings is 1. The summed E-state index contributed by atoms with van der Waals surface area (Å²) in [6.45, 7) is 5.92. The average molecular weight is 292 g/mol. The van der Waals surface area contributed by atoms with Crippen molar-refractivity contribution in [1.82, 2.24) is 4.90 Å². The second-order valence-corrected chi connectivity index (χ2v) is 6.77. The minimum absolute atomic E-state index is 0.215. The molecular weight excluding hydrogens is 264 g/mol. The summed E-state index contributed by atoms with van der Waals surface area (Å²) in [5.74, 6) is 4.24. The summed E-state index contributed by atoms with van der Waals surface area (Å²) in [6.07, 6.45) is 3.74. The lowest BCUT2D eigenvalue weighted by molar-refractivity contribution is 0.0636. The lowest BCUT2D eigenvalue weighted by atomic mass is 9.97. The van der Waals surface area contributed by atoms with Gasteiger partial charge in [0.1, 0.15) is 11.5 Å². The first-order valence-electron chi connectivity index (χ1n) is 8.25. The van der Waals surface area contributed by atoms with E-state index in [-0.39, 0.29) is 6.04 Å². The fourth-order valence-electron chi connectivity index (χ4n) is 3.66. The molecule has 1 saturated carbocycles. The molecule has 0 radical (unpaired) electrons. The molecule has 4 unspecified atom stereocenters. The predicted molar refractivity (Wildman–Crippen MR) is 83.2 cm³/mol. The van der Waals surface area contributed by atoms with Gasteiger partial charge in [0.15, 0.2) is 0 Å². The third-order valence-electron chi connectivity index (χ3n) is 5.07. The van der Waals surface area contributed by atoms with E-state index in [4.69, 9.17) is 14.9 Å². The van der Waals surface area contributed by atoms with Crippen LogP contribution in [0.5, 0.6) is 0 Å². The number of ether oxygens (including phenoxy) is 1. The van der Waals surface area contributed by atoms with Crippen molar-refractivity contribution in [3.63, 3.8) is 0 Å². The molecule has 0 amide bonds. The summed E-state index contributed by atoms with van der Waals surface area (Å²) in [7, 11) is 1.79. The molecule has 21 heavy (non-hydrogen) atoms. The van der Waals surface area contributed by atoms with E-state index in [1.807, 2.05) is 0 Å². The molecular formula is C17H28N2O2. The van der Waals surface area contributed by atoms with Gasteiger partial charge in [-0.1, -0.05) is 6.92 Å². The first kappa shape index (κ1) is 15.1. The highest BCUT2D eigenvalue weighted by Gasteiger charge is 2.37. The van der Waals surface area contributed by atoms with Crippen LogP contribution in [0.25, 0.3) is 0 Å². The Kier molecular flexibility index (Phi) is 4.67. The van der Waals surface area contributed by atoms with Gasteiger partial charge in [-0.2, -0.15) is 0 Å². The molecule has 0 bridgehead atoms. The van der Waals surface area contributed by atoms with E-state index in [1.165, 1.54) is 19.3 Å². The zero-order valence-electron chi connectivity index (χ0n) is 13.3. The summed E-state index contributed by atoms with van der Waals surface area (Å²) >= 11 is 0. The van der Waals surface area contributed by atoms with Gasteiger partial charge in [0.25, 0.3) is 0 Å². The number of rotatable bonds is 6.